The summed E-state index contributed by atoms with van der Waals surface area (Å²) in [4.78, 5) is 16.2. The van der Waals surface area contributed by atoms with Gasteiger partial charge in [0.2, 0.25) is 5.91 Å². The molecule has 21 heavy (non-hydrogen) atoms. The maximum absolute atomic E-state index is 12.2. The number of halogens is 1. The second-order valence-electron chi connectivity index (χ2n) is 5.58. The van der Waals surface area contributed by atoms with Gasteiger partial charge in [-0.2, -0.15) is 5.10 Å². The van der Waals surface area contributed by atoms with E-state index in [2.05, 4.69) is 22.2 Å². The van der Waals surface area contributed by atoms with Crippen LogP contribution in [0.25, 0.3) is 0 Å². The van der Waals surface area contributed by atoms with E-state index in [0.717, 1.165) is 38.4 Å². The van der Waals surface area contributed by atoms with E-state index in [4.69, 9.17) is 0 Å². The molecule has 7 heteroatoms. The zero-order chi connectivity index (χ0) is 14.7. The Morgan fingerprint density at radius 2 is 1.95 bits per heavy atom. The molecule has 1 N–H and O–H groups in total. The smallest absolute Gasteiger partial charge is 0.236 e. The minimum atomic E-state index is 0. The molecule has 0 aliphatic carbocycles. The van der Waals surface area contributed by atoms with Gasteiger partial charge in [0.15, 0.2) is 0 Å². The van der Waals surface area contributed by atoms with Gasteiger partial charge in [-0.05, 0) is 20.9 Å². The third kappa shape index (κ3) is 4.43. The van der Waals surface area contributed by atoms with Crippen LogP contribution < -0.4 is 5.32 Å². The fourth-order valence-electron chi connectivity index (χ4n) is 2.62. The van der Waals surface area contributed by atoms with E-state index in [0.29, 0.717) is 6.54 Å². The molecule has 2 heterocycles. The van der Waals surface area contributed by atoms with Crippen molar-refractivity contribution >= 4 is 18.3 Å². The molecule has 1 aliphatic heterocycles. The highest BCUT2D eigenvalue weighted by Crippen LogP contribution is 2.13. The number of rotatable bonds is 4. The molecule has 0 spiro atoms. The predicted octanol–water partition coefficient (Wildman–Crippen LogP) is 0.322. The van der Waals surface area contributed by atoms with Crippen molar-refractivity contribution in [3.05, 3.63) is 17.0 Å². The van der Waals surface area contributed by atoms with E-state index >= 15 is 0 Å². The summed E-state index contributed by atoms with van der Waals surface area (Å²) in [5.74, 6) is 0.216. The van der Waals surface area contributed by atoms with Crippen molar-refractivity contribution in [3.8, 4) is 0 Å². The van der Waals surface area contributed by atoms with E-state index in [1.165, 1.54) is 11.3 Å². The Balaban J connectivity index is 0.00000220. The van der Waals surface area contributed by atoms with Crippen LogP contribution >= 0.6 is 12.4 Å². The molecule has 0 saturated carbocycles. The van der Waals surface area contributed by atoms with Crippen LogP contribution in [-0.2, 0) is 18.4 Å². The van der Waals surface area contributed by atoms with Crippen LogP contribution in [0.5, 0.6) is 0 Å². The molecule has 2 rings (SSSR count). The number of hydrogen-bond acceptors (Lipinski definition) is 4. The molecule has 6 nitrogen and oxygen atoms in total. The van der Waals surface area contributed by atoms with Crippen molar-refractivity contribution in [2.45, 2.75) is 20.4 Å². The molecule has 120 valence electrons. The van der Waals surface area contributed by atoms with Gasteiger partial charge in [0, 0.05) is 51.0 Å². The Hall–Kier alpha value is -1.11. The topological polar surface area (TPSA) is 53.4 Å². The Morgan fingerprint density at radius 1 is 1.33 bits per heavy atom. The number of carbonyl (C=O) groups is 1. The summed E-state index contributed by atoms with van der Waals surface area (Å²) in [6.07, 6.45) is 0. The van der Waals surface area contributed by atoms with Crippen LogP contribution in [0, 0.1) is 13.8 Å². The van der Waals surface area contributed by atoms with Gasteiger partial charge < -0.3 is 10.2 Å². The third-order valence-electron chi connectivity index (χ3n) is 3.96. The first-order valence-electron chi connectivity index (χ1n) is 7.15. The largest absolute Gasteiger partial charge is 0.339 e. The Morgan fingerprint density at radius 3 is 2.48 bits per heavy atom. The number of nitrogens with zero attached hydrogens (tertiary/aromatic N) is 4. The fourth-order valence-corrected chi connectivity index (χ4v) is 2.62. The van der Waals surface area contributed by atoms with Crippen LogP contribution in [0.15, 0.2) is 0 Å². The number of hydrogen-bond donors (Lipinski definition) is 1. The molecular weight excluding hydrogens is 290 g/mol. The molecule has 1 saturated heterocycles. The Labute approximate surface area is 132 Å². The van der Waals surface area contributed by atoms with Crippen LogP contribution in [-0.4, -0.2) is 65.3 Å². The zero-order valence-corrected chi connectivity index (χ0v) is 14.2. The fraction of sp³-hybridized carbons (Fsp3) is 0.714. The molecular formula is C14H26ClN5O. The first-order chi connectivity index (χ1) is 9.49. The maximum atomic E-state index is 12.2. The highest BCUT2D eigenvalue weighted by atomic mass is 35.5. The summed E-state index contributed by atoms with van der Waals surface area (Å²) >= 11 is 0. The van der Waals surface area contributed by atoms with Crippen LogP contribution in [0.3, 0.4) is 0 Å². The molecule has 1 aromatic rings. The van der Waals surface area contributed by atoms with Gasteiger partial charge in [-0.1, -0.05) is 0 Å². The summed E-state index contributed by atoms with van der Waals surface area (Å²) in [6, 6.07) is 0. The quantitative estimate of drug-likeness (QED) is 0.869. The molecule has 1 amide bonds. The van der Waals surface area contributed by atoms with Crippen molar-refractivity contribution in [1.82, 2.24) is 24.9 Å². The highest BCUT2D eigenvalue weighted by Gasteiger charge is 2.19. The molecule has 1 fully saturated rings. The number of likely N-dealkylation sites (N-methyl/N-ethyl adjacent to an activating group) is 1. The standard InChI is InChI=1S/C14H25N5O.ClH/c1-11-13(12(2)18(4)16-11)9-17(3)10-14(20)19-7-5-15-6-8-19;/h15H,5-10H2,1-4H3;1H. The molecule has 0 aromatic carbocycles. The van der Waals surface area contributed by atoms with E-state index in [1.807, 2.05) is 30.6 Å². The molecule has 0 bridgehead atoms. The maximum Gasteiger partial charge on any atom is 0.236 e. The SMILES string of the molecule is Cc1nn(C)c(C)c1CN(C)CC(=O)N1CCNCC1.Cl. The third-order valence-corrected chi connectivity index (χ3v) is 3.96. The lowest BCUT2D eigenvalue weighted by Crippen LogP contribution is -2.49. The second-order valence-corrected chi connectivity index (χ2v) is 5.58. The Kier molecular flexibility index (Phi) is 6.64. The number of aromatic nitrogens is 2. The first kappa shape index (κ1) is 17.9. The second kappa shape index (κ2) is 7.77. The number of amides is 1. The van der Waals surface area contributed by atoms with Crippen molar-refractivity contribution in [3.63, 3.8) is 0 Å². The van der Waals surface area contributed by atoms with Crippen molar-refractivity contribution in [1.29, 1.82) is 0 Å². The number of carbonyl (C=O) groups excluding carboxylic acids is 1. The first-order valence-corrected chi connectivity index (χ1v) is 7.15. The molecule has 0 unspecified atom stereocenters. The van der Waals surface area contributed by atoms with Gasteiger partial charge >= 0.3 is 0 Å². The van der Waals surface area contributed by atoms with Crippen molar-refractivity contribution in [2.24, 2.45) is 7.05 Å². The summed E-state index contributed by atoms with van der Waals surface area (Å²) in [5, 5.41) is 7.68. The monoisotopic (exact) mass is 315 g/mol. The Bertz CT molecular complexity index is 482. The van der Waals surface area contributed by atoms with E-state index in [9.17, 15) is 4.79 Å². The van der Waals surface area contributed by atoms with Gasteiger partial charge in [0.25, 0.3) is 0 Å². The lowest BCUT2D eigenvalue weighted by atomic mass is 10.2. The molecule has 1 aromatic heterocycles. The predicted molar refractivity (Wildman–Crippen MR) is 85.7 cm³/mol. The zero-order valence-electron chi connectivity index (χ0n) is 13.3. The summed E-state index contributed by atoms with van der Waals surface area (Å²) in [5.41, 5.74) is 3.44. The van der Waals surface area contributed by atoms with Gasteiger partial charge in [-0.3, -0.25) is 14.4 Å². The summed E-state index contributed by atoms with van der Waals surface area (Å²) in [7, 11) is 3.95. The minimum absolute atomic E-state index is 0. The number of piperazine rings is 1. The van der Waals surface area contributed by atoms with Crippen LogP contribution in [0.4, 0.5) is 0 Å². The minimum Gasteiger partial charge on any atom is -0.339 e. The van der Waals surface area contributed by atoms with Gasteiger partial charge in [0.05, 0.1) is 12.2 Å². The summed E-state index contributed by atoms with van der Waals surface area (Å²) < 4.78 is 1.90. The number of aryl methyl sites for hydroxylation is 2. The van der Waals surface area contributed by atoms with E-state index < -0.39 is 0 Å². The van der Waals surface area contributed by atoms with E-state index in [1.54, 1.807) is 0 Å². The van der Waals surface area contributed by atoms with Crippen molar-refractivity contribution < 1.29 is 4.79 Å². The lowest BCUT2D eigenvalue weighted by Gasteiger charge is -2.29. The number of nitrogens with one attached hydrogen (secondary N) is 1. The lowest BCUT2D eigenvalue weighted by molar-refractivity contribution is -0.132. The van der Waals surface area contributed by atoms with Gasteiger partial charge in [0.1, 0.15) is 0 Å². The average molecular weight is 316 g/mol. The van der Waals surface area contributed by atoms with Crippen LogP contribution in [0.1, 0.15) is 17.0 Å². The van der Waals surface area contributed by atoms with Gasteiger partial charge in [-0.25, -0.2) is 0 Å². The summed E-state index contributed by atoms with van der Waals surface area (Å²) in [6.45, 7) is 8.76. The van der Waals surface area contributed by atoms with Crippen LogP contribution in [0.2, 0.25) is 0 Å². The molecule has 1 aliphatic rings. The molecule has 0 atom stereocenters. The van der Waals surface area contributed by atoms with Gasteiger partial charge in [-0.15, -0.1) is 12.4 Å². The molecule has 0 radical (unpaired) electrons. The van der Waals surface area contributed by atoms with Crippen molar-refractivity contribution in [2.75, 3.05) is 39.8 Å². The average Bonchev–Trinajstić information content (AvgIpc) is 2.66. The van der Waals surface area contributed by atoms with E-state index in [-0.39, 0.29) is 18.3 Å². The highest BCUT2D eigenvalue weighted by molar-refractivity contribution is 5.85. The normalized spacial score (nSPS) is 15.2.